The lowest BCUT2D eigenvalue weighted by Gasteiger charge is -2.22. The molecule has 0 aliphatic heterocycles. The first kappa shape index (κ1) is 19.4. The van der Waals surface area contributed by atoms with E-state index >= 15 is 0 Å². The zero-order valence-corrected chi connectivity index (χ0v) is 15.3. The van der Waals surface area contributed by atoms with Crippen molar-refractivity contribution in [1.82, 2.24) is 0 Å². The average molecular weight is 378 g/mol. The van der Waals surface area contributed by atoms with E-state index in [2.05, 4.69) is 0 Å². The molecule has 0 heterocycles. The molecule has 8 nitrogen and oxygen atoms in total. The highest BCUT2D eigenvalue weighted by Crippen LogP contribution is 2.31. The van der Waals surface area contributed by atoms with Crippen molar-refractivity contribution in [2.24, 2.45) is 0 Å². The smallest absolute Gasteiger partial charge is 0.338 e. The summed E-state index contributed by atoms with van der Waals surface area (Å²) in [6.07, 6.45) is 0. The molecule has 0 aromatic heterocycles. The molecule has 2 aromatic carbocycles. The average Bonchev–Trinajstić information content (AvgIpc) is 2.61. The van der Waals surface area contributed by atoms with E-state index < -0.39 is 31.5 Å². The number of nitro groups is 1. The molecule has 0 atom stereocenters. The van der Waals surface area contributed by atoms with Crippen LogP contribution in [0.15, 0.2) is 47.4 Å². The summed E-state index contributed by atoms with van der Waals surface area (Å²) < 4.78 is 31.7. The number of nitro benzene ring substituents is 1. The van der Waals surface area contributed by atoms with Crippen molar-refractivity contribution in [1.29, 1.82) is 0 Å². The van der Waals surface area contributed by atoms with Crippen LogP contribution in [0.5, 0.6) is 0 Å². The third-order valence-electron chi connectivity index (χ3n) is 3.76. The molecule has 0 amide bonds. The fourth-order valence-corrected chi connectivity index (χ4v) is 3.80. The monoisotopic (exact) mass is 378 g/mol. The fourth-order valence-electron chi connectivity index (χ4n) is 2.39. The van der Waals surface area contributed by atoms with Crippen LogP contribution in [0.25, 0.3) is 0 Å². The van der Waals surface area contributed by atoms with Crippen LogP contribution < -0.4 is 4.31 Å². The van der Waals surface area contributed by atoms with E-state index in [0.29, 0.717) is 5.56 Å². The van der Waals surface area contributed by atoms with Crippen LogP contribution >= 0.6 is 0 Å². The molecule has 0 fully saturated rings. The van der Waals surface area contributed by atoms with Gasteiger partial charge < -0.3 is 4.74 Å². The Morgan fingerprint density at radius 2 is 1.88 bits per heavy atom. The number of nitrogens with zero attached hydrogens (tertiary/aromatic N) is 2. The summed E-state index contributed by atoms with van der Waals surface area (Å²) in [7, 11) is -2.92. The van der Waals surface area contributed by atoms with E-state index in [4.69, 9.17) is 4.74 Å². The Hall–Kier alpha value is -2.94. The number of hydrogen-bond acceptors (Lipinski definition) is 6. The molecule has 0 radical (unpaired) electrons. The summed E-state index contributed by atoms with van der Waals surface area (Å²) >= 11 is 0. The minimum atomic E-state index is -4.21. The lowest BCUT2D eigenvalue weighted by atomic mass is 10.1. The molecule has 0 aliphatic carbocycles. The summed E-state index contributed by atoms with van der Waals surface area (Å²) in [5, 5.41) is 11.2. The first-order valence-corrected chi connectivity index (χ1v) is 9.14. The van der Waals surface area contributed by atoms with Crippen LogP contribution in [0.1, 0.15) is 22.8 Å². The van der Waals surface area contributed by atoms with Gasteiger partial charge in [0.15, 0.2) is 4.90 Å². The highest BCUT2D eigenvalue weighted by molar-refractivity contribution is 7.93. The second-order valence-electron chi connectivity index (χ2n) is 5.42. The van der Waals surface area contributed by atoms with Crippen molar-refractivity contribution < 1.29 is 22.9 Å². The van der Waals surface area contributed by atoms with Crippen molar-refractivity contribution >= 4 is 27.4 Å². The standard InChI is InChI=1S/C17H18N2O6S/c1-4-25-17(20)13-10-9-12(2)15(11-13)18(3)26(23,24)16-8-6-5-7-14(16)19(21)22/h5-11H,4H2,1-3H3. The molecule has 9 heteroatoms. The van der Waals surface area contributed by atoms with Crippen LogP contribution in [0.3, 0.4) is 0 Å². The van der Waals surface area contributed by atoms with Gasteiger partial charge in [0.1, 0.15) is 0 Å². The number of rotatable bonds is 6. The molecule has 0 unspecified atom stereocenters. The molecular weight excluding hydrogens is 360 g/mol. The first-order chi connectivity index (χ1) is 12.2. The van der Waals surface area contributed by atoms with E-state index in [1.165, 1.54) is 37.4 Å². The Kier molecular flexibility index (Phi) is 5.61. The minimum absolute atomic E-state index is 0.187. The van der Waals surface area contributed by atoms with Crippen molar-refractivity contribution in [2.45, 2.75) is 18.7 Å². The minimum Gasteiger partial charge on any atom is -0.462 e. The zero-order valence-electron chi connectivity index (χ0n) is 14.5. The number of anilines is 1. The van der Waals surface area contributed by atoms with Gasteiger partial charge in [0, 0.05) is 13.1 Å². The summed E-state index contributed by atoms with van der Waals surface area (Å²) in [6.45, 7) is 3.53. The molecular formula is C17H18N2O6S. The molecule has 0 aliphatic rings. The molecule has 2 aromatic rings. The predicted octanol–water partition coefficient (Wildman–Crippen LogP) is 2.91. The van der Waals surface area contributed by atoms with Gasteiger partial charge in [0.25, 0.3) is 15.7 Å². The molecule has 0 bridgehead atoms. The van der Waals surface area contributed by atoms with Crippen molar-refractivity contribution in [3.63, 3.8) is 0 Å². The molecule has 0 N–H and O–H groups in total. The van der Waals surface area contributed by atoms with Gasteiger partial charge in [-0.15, -0.1) is 0 Å². The van der Waals surface area contributed by atoms with Gasteiger partial charge in [-0.25, -0.2) is 13.2 Å². The number of esters is 1. The lowest BCUT2D eigenvalue weighted by Crippen LogP contribution is -2.28. The predicted molar refractivity (Wildman–Crippen MR) is 95.8 cm³/mol. The van der Waals surface area contributed by atoms with Crippen LogP contribution in [-0.4, -0.2) is 33.0 Å². The highest BCUT2D eigenvalue weighted by Gasteiger charge is 2.30. The van der Waals surface area contributed by atoms with Crippen LogP contribution in [0, 0.1) is 17.0 Å². The number of para-hydroxylation sites is 1. The molecule has 0 saturated heterocycles. The van der Waals surface area contributed by atoms with E-state index in [0.717, 1.165) is 10.4 Å². The van der Waals surface area contributed by atoms with Crippen LogP contribution in [0.4, 0.5) is 11.4 Å². The van der Waals surface area contributed by atoms with Crippen molar-refractivity contribution in [2.75, 3.05) is 18.0 Å². The molecule has 26 heavy (non-hydrogen) atoms. The quantitative estimate of drug-likeness (QED) is 0.435. The lowest BCUT2D eigenvalue weighted by molar-refractivity contribution is -0.387. The van der Waals surface area contributed by atoms with Gasteiger partial charge in [-0.3, -0.25) is 14.4 Å². The number of hydrogen-bond donors (Lipinski definition) is 0. The Morgan fingerprint density at radius 1 is 1.23 bits per heavy atom. The Bertz CT molecular complexity index is 955. The summed E-state index contributed by atoms with van der Waals surface area (Å²) in [5.41, 5.74) is 0.493. The maximum absolute atomic E-state index is 12.9. The Balaban J connectivity index is 2.55. The summed E-state index contributed by atoms with van der Waals surface area (Å²) in [5.74, 6) is -0.578. The molecule has 138 valence electrons. The van der Waals surface area contributed by atoms with E-state index in [1.54, 1.807) is 19.9 Å². The maximum atomic E-state index is 12.9. The topological polar surface area (TPSA) is 107 Å². The normalized spacial score (nSPS) is 11.0. The van der Waals surface area contributed by atoms with Crippen LogP contribution in [0.2, 0.25) is 0 Å². The number of carbonyl (C=O) groups is 1. The number of carbonyl (C=O) groups excluding carboxylic acids is 1. The van der Waals surface area contributed by atoms with Gasteiger partial charge in [0.05, 0.1) is 22.8 Å². The third-order valence-corrected chi connectivity index (χ3v) is 5.58. The first-order valence-electron chi connectivity index (χ1n) is 7.70. The molecule has 0 spiro atoms. The van der Waals surface area contributed by atoms with E-state index in [1.807, 2.05) is 0 Å². The fraction of sp³-hybridized carbons (Fsp3) is 0.235. The Morgan fingerprint density at radius 3 is 2.50 bits per heavy atom. The number of benzene rings is 2. The SMILES string of the molecule is CCOC(=O)c1ccc(C)c(N(C)S(=O)(=O)c2ccccc2[N+](=O)[O-])c1. The van der Waals surface area contributed by atoms with Gasteiger partial charge in [-0.2, -0.15) is 0 Å². The second kappa shape index (κ2) is 7.52. The highest BCUT2D eigenvalue weighted by atomic mass is 32.2. The Labute approximate surface area is 151 Å². The molecule has 0 saturated carbocycles. The van der Waals surface area contributed by atoms with E-state index in [9.17, 15) is 23.3 Å². The van der Waals surface area contributed by atoms with Crippen molar-refractivity contribution in [3.05, 3.63) is 63.7 Å². The second-order valence-corrected chi connectivity index (χ2v) is 7.36. The maximum Gasteiger partial charge on any atom is 0.338 e. The number of ether oxygens (including phenoxy) is 1. The number of aryl methyl sites for hydroxylation is 1. The summed E-state index contributed by atoms with van der Waals surface area (Å²) in [6, 6.07) is 9.62. The van der Waals surface area contributed by atoms with Crippen LogP contribution in [-0.2, 0) is 14.8 Å². The van der Waals surface area contributed by atoms with Gasteiger partial charge in [-0.1, -0.05) is 18.2 Å². The van der Waals surface area contributed by atoms with Gasteiger partial charge in [0.2, 0.25) is 0 Å². The summed E-state index contributed by atoms with van der Waals surface area (Å²) in [4.78, 5) is 21.9. The molecule has 2 rings (SSSR count). The largest absolute Gasteiger partial charge is 0.462 e. The van der Waals surface area contributed by atoms with Gasteiger partial charge >= 0.3 is 5.97 Å². The van der Waals surface area contributed by atoms with E-state index in [-0.39, 0.29) is 17.9 Å². The third kappa shape index (κ3) is 3.67. The zero-order chi connectivity index (χ0) is 19.5. The number of sulfonamides is 1. The van der Waals surface area contributed by atoms with Crippen molar-refractivity contribution in [3.8, 4) is 0 Å². The van der Waals surface area contributed by atoms with Gasteiger partial charge in [-0.05, 0) is 37.6 Å².